The predicted molar refractivity (Wildman–Crippen MR) is 58.5 cm³/mol. The lowest BCUT2D eigenvalue weighted by Gasteiger charge is -2.02. The van der Waals surface area contributed by atoms with E-state index in [4.69, 9.17) is 10.8 Å². The van der Waals surface area contributed by atoms with E-state index in [1.807, 2.05) is 0 Å². The fraction of sp³-hybridized carbons (Fsp3) is 0.125. The van der Waals surface area contributed by atoms with E-state index in [0.29, 0.717) is 10.2 Å². The fourth-order valence-electron chi connectivity index (χ4n) is 1.09. The smallest absolute Gasteiger partial charge is 0.337 e. The van der Waals surface area contributed by atoms with Crippen molar-refractivity contribution in [3.8, 4) is 0 Å². The maximum absolute atomic E-state index is 10.9. The molecule has 0 bridgehead atoms. The standard InChI is InChI=1S/C8H8N6O2S/c1-14-8(11-12-13-14)17-6-2-4(7(15)16)5(9)3-10-6/h2-3H,9H2,1H3,(H,15,16). The number of nitrogens with two attached hydrogens (primary N) is 1. The summed E-state index contributed by atoms with van der Waals surface area (Å²) < 4.78 is 1.46. The number of pyridine rings is 1. The number of nitrogens with zero attached hydrogens (tertiary/aromatic N) is 5. The van der Waals surface area contributed by atoms with E-state index in [0.717, 1.165) is 11.8 Å². The highest BCUT2D eigenvalue weighted by molar-refractivity contribution is 7.99. The monoisotopic (exact) mass is 252 g/mol. The minimum atomic E-state index is -1.09. The summed E-state index contributed by atoms with van der Waals surface area (Å²) in [6, 6.07) is 1.39. The second kappa shape index (κ2) is 4.37. The van der Waals surface area contributed by atoms with Crippen molar-refractivity contribution in [3.05, 3.63) is 17.8 Å². The van der Waals surface area contributed by atoms with Crippen LogP contribution in [0.15, 0.2) is 22.4 Å². The predicted octanol–water partition coefficient (Wildman–Crippen LogP) is 0.0367. The van der Waals surface area contributed by atoms with Gasteiger partial charge in [0.15, 0.2) is 0 Å². The maximum Gasteiger partial charge on any atom is 0.337 e. The van der Waals surface area contributed by atoms with E-state index in [1.165, 1.54) is 16.9 Å². The summed E-state index contributed by atoms with van der Waals surface area (Å²) in [5.41, 5.74) is 5.63. The van der Waals surface area contributed by atoms with Gasteiger partial charge in [0, 0.05) is 7.05 Å². The second-order valence-corrected chi connectivity index (χ2v) is 4.09. The number of carboxylic acids is 1. The zero-order valence-corrected chi connectivity index (χ0v) is 9.55. The summed E-state index contributed by atoms with van der Waals surface area (Å²) >= 11 is 1.16. The average Bonchev–Trinajstić information content (AvgIpc) is 2.67. The normalized spacial score (nSPS) is 10.4. The maximum atomic E-state index is 10.9. The van der Waals surface area contributed by atoms with E-state index < -0.39 is 5.97 Å². The topological polar surface area (TPSA) is 120 Å². The summed E-state index contributed by atoms with van der Waals surface area (Å²) in [6.07, 6.45) is 1.30. The number of carboxylic acid groups (broad SMARTS) is 1. The summed E-state index contributed by atoms with van der Waals surface area (Å²) in [6.45, 7) is 0. The van der Waals surface area contributed by atoms with Crippen molar-refractivity contribution < 1.29 is 9.90 Å². The second-order valence-electron chi connectivity index (χ2n) is 3.10. The molecule has 0 aliphatic carbocycles. The summed E-state index contributed by atoms with van der Waals surface area (Å²) in [5, 5.41) is 20.8. The van der Waals surface area contributed by atoms with Crippen molar-refractivity contribution in [2.45, 2.75) is 10.2 Å². The van der Waals surface area contributed by atoms with E-state index in [9.17, 15) is 4.79 Å². The number of rotatable bonds is 3. The zero-order chi connectivity index (χ0) is 12.4. The Labute approximate surface area is 99.8 Å². The minimum absolute atomic E-state index is 0.0117. The van der Waals surface area contributed by atoms with Gasteiger partial charge in [0.05, 0.1) is 17.4 Å². The van der Waals surface area contributed by atoms with Gasteiger partial charge in [0.2, 0.25) is 5.16 Å². The Morgan fingerprint density at radius 1 is 1.59 bits per heavy atom. The molecule has 0 atom stereocenters. The molecule has 8 nitrogen and oxygen atoms in total. The number of tetrazole rings is 1. The molecular formula is C8H8N6O2S. The Bertz CT molecular complexity index is 569. The molecule has 0 aliphatic heterocycles. The Balaban J connectivity index is 2.32. The molecule has 0 unspecified atom stereocenters. The minimum Gasteiger partial charge on any atom is -0.478 e. The van der Waals surface area contributed by atoms with Crippen LogP contribution in [0, 0.1) is 0 Å². The van der Waals surface area contributed by atoms with Crippen LogP contribution in [-0.4, -0.2) is 36.3 Å². The van der Waals surface area contributed by atoms with E-state index in [1.54, 1.807) is 7.05 Å². The van der Waals surface area contributed by atoms with Gasteiger partial charge in [-0.2, -0.15) is 0 Å². The molecule has 2 aromatic heterocycles. The quantitative estimate of drug-likeness (QED) is 0.785. The highest BCUT2D eigenvalue weighted by Crippen LogP contribution is 2.25. The van der Waals surface area contributed by atoms with Crippen LogP contribution in [0.3, 0.4) is 0 Å². The van der Waals surface area contributed by atoms with Gasteiger partial charge in [-0.05, 0) is 28.3 Å². The molecule has 88 valence electrons. The van der Waals surface area contributed by atoms with Crippen molar-refractivity contribution in [1.29, 1.82) is 0 Å². The molecule has 2 aromatic rings. The first-order valence-corrected chi connectivity index (χ1v) is 5.28. The van der Waals surface area contributed by atoms with Gasteiger partial charge in [-0.25, -0.2) is 14.5 Å². The summed E-state index contributed by atoms with van der Waals surface area (Å²) in [5.74, 6) is -1.09. The van der Waals surface area contributed by atoms with Crippen molar-refractivity contribution in [1.82, 2.24) is 25.2 Å². The van der Waals surface area contributed by atoms with Crippen molar-refractivity contribution >= 4 is 23.4 Å². The van der Waals surface area contributed by atoms with Gasteiger partial charge in [0.25, 0.3) is 0 Å². The highest BCUT2D eigenvalue weighted by atomic mass is 32.2. The van der Waals surface area contributed by atoms with Gasteiger partial charge < -0.3 is 10.8 Å². The Morgan fingerprint density at radius 2 is 2.35 bits per heavy atom. The fourth-order valence-corrected chi connectivity index (χ4v) is 1.80. The number of carbonyl (C=O) groups is 1. The van der Waals surface area contributed by atoms with Crippen LogP contribution >= 0.6 is 11.8 Å². The number of aryl methyl sites for hydroxylation is 1. The van der Waals surface area contributed by atoms with Crippen LogP contribution < -0.4 is 5.73 Å². The number of hydrogen-bond acceptors (Lipinski definition) is 7. The van der Waals surface area contributed by atoms with Crippen molar-refractivity contribution in [2.24, 2.45) is 7.05 Å². The van der Waals surface area contributed by atoms with Gasteiger partial charge in [-0.3, -0.25) is 0 Å². The highest BCUT2D eigenvalue weighted by Gasteiger charge is 2.12. The molecule has 0 amide bonds. The Kier molecular flexibility index (Phi) is 2.91. The zero-order valence-electron chi connectivity index (χ0n) is 8.73. The van der Waals surface area contributed by atoms with Gasteiger partial charge in [0.1, 0.15) is 5.03 Å². The molecule has 0 saturated heterocycles. The summed E-state index contributed by atoms with van der Waals surface area (Å²) in [7, 11) is 1.68. The Hall–Kier alpha value is -2.16. The number of nitrogen functional groups attached to an aromatic ring is 1. The first-order chi connectivity index (χ1) is 8.08. The van der Waals surface area contributed by atoms with Crippen LogP contribution in [0.4, 0.5) is 5.69 Å². The molecule has 0 fully saturated rings. The molecule has 0 aromatic carbocycles. The van der Waals surface area contributed by atoms with Crippen LogP contribution in [0.25, 0.3) is 0 Å². The molecule has 0 spiro atoms. The molecule has 0 radical (unpaired) electrons. The van der Waals surface area contributed by atoms with Gasteiger partial charge in [-0.1, -0.05) is 0 Å². The Morgan fingerprint density at radius 3 is 2.94 bits per heavy atom. The average molecular weight is 252 g/mol. The van der Waals surface area contributed by atoms with Gasteiger partial charge in [-0.15, -0.1) is 5.10 Å². The van der Waals surface area contributed by atoms with E-state index in [2.05, 4.69) is 20.5 Å². The molecule has 0 aliphatic rings. The third-order valence-corrected chi connectivity index (χ3v) is 2.88. The number of anilines is 1. The lowest BCUT2D eigenvalue weighted by molar-refractivity contribution is 0.0697. The van der Waals surface area contributed by atoms with Crippen molar-refractivity contribution in [2.75, 3.05) is 5.73 Å². The van der Waals surface area contributed by atoms with Crippen LogP contribution in [0.2, 0.25) is 0 Å². The van der Waals surface area contributed by atoms with Crippen LogP contribution in [0.5, 0.6) is 0 Å². The first kappa shape index (κ1) is 11.3. The third-order valence-electron chi connectivity index (χ3n) is 1.92. The number of aromatic carboxylic acids is 1. The lowest BCUT2D eigenvalue weighted by atomic mass is 10.2. The number of aromatic nitrogens is 5. The first-order valence-electron chi connectivity index (χ1n) is 4.47. The molecule has 2 rings (SSSR count). The third kappa shape index (κ3) is 2.33. The van der Waals surface area contributed by atoms with Gasteiger partial charge >= 0.3 is 5.97 Å². The molecule has 17 heavy (non-hydrogen) atoms. The molecule has 9 heteroatoms. The molecule has 0 saturated carbocycles. The largest absolute Gasteiger partial charge is 0.478 e. The lowest BCUT2D eigenvalue weighted by Crippen LogP contribution is -2.03. The SMILES string of the molecule is Cn1nnnc1Sc1cc(C(=O)O)c(N)cn1. The van der Waals surface area contributed by atoms with E-state index in [-0.39, 0.29) is 11.3 Å². The van der Waals surface area contributed by atoms with Crippen LogP contribution in [-0.2, 0) is 7.05 Å². The molecular weight excluding hydrogens is 244 g/mol. The van der Waals surface area contributed by atoms with E-state index >= 15 is 0 Å². The van der Waals surface area contributed by atoms with Crippen LogP contribution in [0.1, 0.15) is 10.4 Å². The summed E-state index contributed by atoms with van der Waals surface area (Å²) in [4.78, 5) is 14.9. The molecule has 2 heterocycles. The number of hydrogen-bond donors (Lipinski definition) is 2. The van der Waals surface area contributed by atoms with Crippen molar-refractivity contribution in [3.63, 3.8) is 0 Å². The molecule has 3 N–H and O–H groups in total.